The lowest BCUT2D eigenvalue weighted by Crippen LogP contribution is -2.47. The van der Waals surface area contributed by atoms with Crippen LogP contribution in [0.2, 0.25) is 0 Å². The fourth-order valence-electron chi connectivity index (χ4n) is 5.87. The number of halogens is 1. The van der Waals surface area contributed by atoms with Gasteiger partial charge < -0.3 is 4.74 Å². The lowest BCUT2D eigenvalue weighted by atomic mass is 9.49. The van der Waals surface area contributed by atoms with E-state index in [9.17, 15) is 4.79 Å². The molecule has 5 rings (SSSR count). The summed E-state index contributed by atoms with van der Waals surface area (Å²) in [6.07, 6.45) is 10.2. The Labute approximate surface area is 157 Å². The smallest absolute Gasteiger partial charge is 0.240 e. The summed E-state index contributed by atoms with van der Waals surface area (Å²) in [5.74, 6) is 3.39. The van der Waals surface area contributed by atoms with Crippen molar-refractivity contribution in [1.29, 1.82) is 0 Å². The van der Waals surface area contributed by atoms with Crippen LogP contribution in [0.4, 0.5) is 0 Å². The maximum Gasteiger partial charge on any atom is 0.240 e. The third-order valence-electron chi connectivity index (χ3n) is 6.29. The van der Waals surface area contributed by atoms with E-state index in [-0.39, 0.29) is 11.3 Å². The van der Waals surface area contributed by atoms with Crippen LogP contribution in [0.25, 0.3) is 0 Å². The van der Waals surface area contributed by atoms with Gasteiger partial charge in [-0.25, -0.2) is 5.43 Å². The fourth-order valence-corrected chi connectivity index (χ4v) is 6.25. The molecular weight excluding hydrogens is 380 g/mol. The van der Waals surface area contributed by atoms with Crippen LogP contribution >= 0.6 is 15.9 Å². The molecule has 4 fully saturated rings. The van der Waals surface area contributed by atoms with Crippen LogP contribution in [0.3, 0.4) is 0 Å². The average Bonchev–Trinajstić information content (AvgIpc) is 2.53. The second-order valence-corrected chi connectivity index (χ2v) is 9.19. The quantitative estimate of drug-likeness (QED) is 0.579. The molecule has 4 bridgehead atoms. The number of hydrogen-bond donors (Lipinski definition) is 1. The summed E-state index contributed by atoms with van der Waals surface area (Å²) in [5.41, 5.74) is 3.83. The van der Waals surface area contributed by atoms with E-state index in [1.54, 1.807) is 13.3 Å². The SMILES string of the molecule is COc1ccc(Br)cc1/C=N\NC(=O)CC12CC3CC(CC(C3)C1)C2. The molecule has 1 amide bonds. The molecule has 4 aliphatic carbocycles. The van der Waals surface area contributed by atoms with Crippen molar-refractivity contribution in [3.8, 4) is 5.75 Å². The Morgan fingerprint density at radius 2 is 1.92 bits per heavy atom. The molecule has 4 nitrogen and oxygen atoms in total. The zero-order chi connectivity index (χ0) is 17.4. The number of amides is 1. The molecule has 0 spiro atoms. The first kappa shape index (κ1) is 17.1. The zero-order valence-corrected chi connectivity index (χ0v) is 16.2. The highest BCUT2D eigenvalue weighted by Gasteiger charge is 2.51. The largest absolute Gasteiger partial charge is 0.496 e. The monoisotopic (exact) mass is 404 g/mol. The molecule has 4 aliphatic rings. The molecule has 1 aromatic rings. The Kier molecular flexibility index (Phi) is 4.61. The van der Waals surface area contributed by atoms with Crippen molar-refractivity contribution in [1.82, 2.24) is 5.43 Å². The van der Waals surface area contributed by atoms with Crippen LogP contribution in [-0.4, -0.2) is 19.2 Å². The standard InChI is InChI=1S/C20H25BrN2O2/c1-25-18-3-2-17(21)7-16(18)12-22-23-19(24)11-20-8-13-4-14(9-20)6-15(5-13)10-20/h2-3,7,12-15H,4-6,8-11H2,1H3,(H,23,24)/b22-12-. The number of carbonyl (C=O) groups excluding carboxylic acids is 1. The Morgan fingerprint density at radius 3 is 2.52 bits per heavy atom. The number of hydrazone groups is 1. The topological polar surface area (TPSA) is 50.7 Å². The molecule has 0 atom stereocenters. The normalized spacial score (nSPS) is 33.0. The Hall–Kier alpha value is -1.36. The molecule has 0 unspecified atom stereocenters. The summed E-state index contributed by atoms with van der Waals surface area (Å²) < 4.78 is 6.28. The van der Waals surface area contributed by atoms with Gasteiger partial charge in [-0.1, -0.05) is 15.9 Å². The first-order valence-electron chi connectivity index (χ1n) is 9.21. The Bertz CT molecular complexity index is 666. The molecule has 1 aromatic carbocycles. The number of carbonyl (C=O) groups is 1. The van der Waals surface area contributed by atoms with Crippen molar-refractivity contribution in [3.63, 3.8) is 0 Å². The van der Waals surface area contributed by atoms with Gasteiger partial charge in [0, 0.05) is 16.5 Å². The molecule has 134 valence electrons. The lowest BCUT2D eigenvalue weighted by molar-refractivity contribution is -0.129. The van der Waals surface area contributed by atoms with Gasteiger partial charge in [0.05, 0.1) is 13.3 Å². The van der Waals surface area contributed by atoms with Crippen molar-refractivity contribution in [3.05, 3.63) is 28.2 Å². The number of nitrogens with zero attached hydrogens (tertiary/aromatic N) is 1. The lowest BCUT2D eigenvalue weighted by Gasteiger charge is -2.56. The van der Waals surface area contributed by atoms with Crippen molar-refractivity contribution in [2.75, 3.05) is 7.11 Å². The number of hydrogen-bond acceptors (Lipinski definition) is 3. The van der Waals surface area contributed by atoms with E-state index in [0.717, 1.165) is 33.5 Å². The molecule has 0 aliphatic heterocycles. The van der Waals surface area contributed by atoms with Crippen LogP contribution in [0.15, 0.2) is 27.8 Å². The third kappa shape index (κ3) is 3.62. The Morgan fingerprint density at radius 1 is 1.28 bits per heavy atom. The predicted octanol–water partition coefficient (Wildman–Crippen LogP) is 4.51. The van der Waals surface area contributed by atoms with Gasteiger partial charge in [0.25, 0.3) is 0 Å². The van der Waals surface area contributed by atoms with Crippen molar-refractivity contribution < 1.29 is 9.53 Å². The minimum absolute atomic E-state index is 0.0483. The predicted molar refractivity (Wildman–Crippen MR) is 102 cm³/mol. The van der Waals surface area contributed by atoms with Gasteiger partial charge in [0.2, 0.25) is 5.91 Å². The van der Waals surface area contributed by atoms with Crippen molar-refractivity contribution in [2.45, 2.75) is 44.9 Å². The zero-order valence-electron chi connectivity index (χ0n) is 14.6. The molecule has 1 N–H and O–H groups in total. The molecular formula is C20H25BrN2O2. The maximum absolute atomic E-state index is 12.5. The summed E-state index contributed by atoms with van der Waals surface area (Å²) in [5, 5.41) is 4.16. The second kappa shape index (κ2) is 6.75. The molecule has 0 heterocycles. The molecule has 0 aromatic heterocycles. The minimum Gasteiger partial charge on any atom is -0.496 e. The van der Waals surface area contributed by atoms with Gasteiger partial charge in [0.15, 0.2) is 0 Å². The fraction of sp³-hybridized carbons (Fsp3) is 0.600. The summed E-state index contributed by atoms with van der Waals surface area (Å²) in [7, 11) is 1.63. The maximum atomic E-state index is 12.5. The number of benzene rings is 1. The number of methoxy groups -OCH3 is 1. The van der Waals surface area contributed by atoms with E-state index in [4.69, 9.17) is 4.74 Å². The van der Waals surface area contributed by atoms with Crippen LogP contribution in [0.5, 0.6) is 5.75 Å². The first-order chi connectivity index (χ1) is 12.0. The van der Waals surface area contributed by atoms with Crippen molar-refractivity contribution >= 4 is 28.1 Å². The van der Waals surface area contributed by atoms with E-state index in [1.165, 1.54) is 38.5 Å². The van der Waals surface area contributed by atoms with Crippen LogP contribution in [-0.2, 0) is 4.79 Å². The van der Waals surface area contributed by atoms with Gasteiger partial charge in [-0.15, -0.1) is 0 Å². The third-order valence-corrected chi connectivity index (χ3v) is 6.78. The minimum atomic E-state index is 0.0483. The molecule has 25 heavy (non-hydrogen) atoms. The Balaban J connectivity index is 1.38. The van der Waals surface area contributed by atoms with Crippen molar-refractivity contribution in [2.24, 2.45) is 28.3 Å². The van der Waals surface area contributed by atoms with Gasteiger partial charge in [-0.3, -0.25) is 4.79 Å². The molecule has 0 saturated heterocycles. The summed E-state index contributed by atoms with van der Waals surface area (Å²) in [6, 6.07) is 5.72. The number of rotatable bonds is 5. The highest BCUT2D eigenvalue weighted by Crippen LogP contribution is 2.61. The van der Waals surface area contributed by atoms with E-state index in [0.29, 0.717) is 6.42 Å². The molecule has 5 heteroatoms. The molecule has 4 saturated carbocycles. The van der Waals surface area contributed by atoms with Gasteiger partial charge in [-0.05, 0) is 79.9 Å². The number of nitrogens with one attached hydrogen (secondary N) is 1. The number of ether oxygens (including phenoxy) is 1. The van der Waals surface area contributed by atoms with E-state index in [2.05, 4.69) is 26.5 Å². The summed E-state index contributed by atoms with van der Waals surface area (Å²) >= 11 is 3.45. The second-order valence-electron chi connectivity index (χ2n) is 8.27. The van der Waals surface area contributed by atoms with Gasteiger partial charge in [0.1, 0.15) is 5.75 Å². The molecule has 0 radical (unpaired) electrons. The summed E-state index contributed by atoms with van der Waals surface area (Å²) in [6.45, 7) is 0. The van der Waals surface area contributed by atoms with Crippen LogP contribution in [0, 0.1) is 23.2 Å². The summed E-state index contributed by atoms with van der Waals surface area (Å²) in [4.78, 5) is 12.5. The highest BCUT2D eigenvalue weighted by molar-refractivity contribution is 9.10. The van der Waals surface area contributed by atoms with Crippen LogP contribution < -0.4 is 10.2 Å². The first-order valence-corrected chi connectivity index (χ1v) is 10.00. The van der Waals surface area contributed by atoms with Crippen LogP contribution in [0.1, 0.15) is 50.5 Å². The van der Waals surface area contributed by atoms with E-state index < -0.39 is 0 Å². The van der Waals surface area contributed by atoms with E-state index >= 15 is 0 Å². The average molecular weight is 405 g/mol. The van der Waals surface area contributed by atoms with E-state index in [1.807, 2.05) is 18.2 Å². The van der Waals surface area contributed by atoms with Gasteiger partial charge >= 0.3 is 0 Å². The highest BCUT2D eigenvalue weighted by atomic mass is 79.9. The van der Waals surface area contributed by atoms with Gasteiger partial charge in [-0.2, -0.15) is 5.10 Å².